The molecule has 0 saturated carbocycles. The number of carbonyl (C=O) groups is 1. The summed E-state index contributed by atoms with van der Waals surface area (Å²) in [6.45, 7) is 5.73. The third kappa shape index (κ3) is 6.96. The Labute approximate surface area is 179 Å². The molecule has 7 nitrogen and oxygen atoms in total. The molecule has 0 heterocycles. The van der Waals surface area contributed by atoms with Gasteiger partial charge in [-0.1, -0.05) is 43.7 Å². The molecule has 30 heavy (non-hydrogen) atoms. The number of hydrazone groups is 1. The average molecular weight is 431 g/mol. The van der Waals surface area contributed by atoms with Crippen LogP contribution in [-0.2, 0) is 14.8 Å². The van der Waals surface area contributed by atoms with E-state index >= 15 is 0 Å². The number of rotatable bonds is 9. The highest BCUT2D eigenvalue weighted by Gasteiger charge is 2.26. The van der Waals surface area contributed by atoms with Crippen LogP contribution in [0, 0.1) is 12.8 Å². The monoisotopic (exact) mass is 430 g/mol. The third-order valence-electron chi connectivity index (χ3n) is 4.45. The molecule has 8 heteroatoms. The van der Waals surface area contributed by atoms with Crippen molar-refractivity contribution in [3.63, 3.8) is 0 Å². The van der Waals surface area contributed by atoms with Crippen LogP contribution in [0.15, 0.2) is 58.5 Å². The smallest absolute Gasteiger partial charge is 0.258 e. The van der Waals surface area contributed by atoms with Crippen molar-refractivity contribution in [2.24, 2.45) is 11.0 Å². The molecule has 0 bridgehead atoms. The lowest BCUT2D eigenvalue weighted by Crippen LogP contribution is -2.46. The predicted molar refractivity (Wildman–Crippen MR) is 121 cm³/mol. The lowest BCUT2D eigenvalue weighted by atomic mass is 10.0. The van der Waals surface area contributed by atoms with Crippen LogP contribution in [0.2, 0.25) is 0 Å². The molecule has 0 aliphatic rings. The van der Waals surface area contributed by atoms with Gasteiger partial charge in [0.25, 0.3) is 5.91 Å². The largest absolute Gasteiger partial charge is 0.378 e. The minimum atomic E-state index is -3.82. The maximum absolute atomic E-state index is 12.7. The Hall–Kier alpha value is -2.71. The molecular formula is C22H30N4O3S. The molecule has 2 rings (SSSR count). The standard InChI is InChI=1S/C22H30N4O3S/c1-16(2)14-21(25-30(28,29)20-12-6-17(3)7-13-20)22(27)24-23-15-18-8-10-19(11-9-18)26(4)5/h6-13,15-16,21,25H,14H2,1-5H3,(H,24,27). The van der Waals surface area contributed by atoms with Crippen LogP contribution in [-0.4, -0.2) is 40.7 Å². The second-order valence-corrected chi connectivity index (χ2v) is 9.55. The van der Waals surface area contributed by atoms with Crippen LogP contribution in [0.25, 0.3) is 0 Å². The van der Waals surface area contributed by atoms with Gasteiger partial charge in [0.15, 0.2) is 0 Å². The first-order valence-electron chi connectivity index (χ1n) is 9.78. The van der Waals surface area contributed by atoms with Gasteiger partial charge in [0, 0.05) is 19.8 Å². The SMILES string of the molecule is Cc1ccc(S(=O)(=O)NC(CC(C)C)C(=O)NN=Cc2ccc(N(C)C)cc2)cc1. The fourth-order valence-electron chi connectivity index (χ4n) is 2.76. The topological polar surface area (TPSA) is 90.9 Å². The van der Waals surface area contributed by atoms with Gasteiger partial charge in [0.05, 0.1) is 11.1 Å². The Morgan fingerprint density at radius 3 is 2.20 bits per heavy atom. The molecule has 0 radical (unpaired) electrons. The minimum absolute atomic E-state index is 0.115. The van der Waals surface area contributed by atoms with Crippen LogP contribution in [0.4, 0.5) is 5.69 Å². The van der Waals surface area contributed by atoms with E-state index in [9.17, 15) is 13.2 Å². The van der Waals surface area contributed by atoms with Gasteiger partial charge in [0.1, 0.15) is 6.04 Å². The lowest BCUT2D eigenvalue weighted by molar-refractivity contribution is -0.123. The van der Waals surface area contributed by atoms with Crippen LogP contribution in [0.5, 0.6) is 0 Å². The van der Waals surface area contributed by atoms with Gasteiger partial charge in [-0.2, -0.15) is 9.82 Å². The van der Waals surface area contributed by atoms with Crippen LogP contribution in [0.1, 0.15) is 31.4 Å². The molecular weight excluding hydrogens is 400 g/mol. The van der Waals surface area contributed by atoms with E-state index in [1.807, 2.05) is 64.0 Å². The van der Waals surface area contributed by atoms with Crippen molar-refractivity contribution < 1.29 is 13.2 Å². The summed E-state index contributed by atoms with van der Waals surface area (Å²) in [5.41, 5.74) is 5.28. The van der Waals surface area contributed by atoms with Crippen LogP contribution >= 0.6 is 0 Å². The van der Waals surface area contributed by atoms with E-state index < -0.39 is 22.0 Å². The zero-order valence-electron chi connectivity index (χ0n) is 18.1. The number of hydrogen-bond donors (Lipinski definition) is 2. The highest BCUT2D eigenvalue weighted by Crippen LogP contribution is 2.14. The Bertz CT molecular complexity index is 966. The fourth-order valence-corrected chi connectivity index (χ4v) is 3.97. The summed E-state index contributed by atoms with van der Waals surface area (Å²) in [6.07, 6.45) is 1.88. The van der Waals surface area contributed by atoms with Crippen molar-refractivity contribution in [1.29, 1.82) is 0 Å². The first-order valence-corrected chi connectivity index (χ1v) is 11.3. The van der Waals surface area contributed by atoms with E-state index in [0.717, 1.165) is 16.8 Å². The normalized spacial score (nSPS) is 12.9. The number of carbonyl (C=O) groups excluding carboxylic acids is 1. The van der Waals surface area contributed by atoms with E-state index in [1.165, 1.54) is 18.3 Å². The van der Waals surface area contributed by atoms with Crippen molar-refractivity contribution in [3.05, 3.63) is 59.7 Å². The van der Waals surface area contributed by atoms with Gasteiger partial charge < -0.3 is 4.90 Å². The molecule has 1 amide bonds. The Balaban J connectivity index is 2.08. The zero-order chi connectivity index (χ0) is 22.3. The van der Waals surface area contributed by atoms with E-state index in [4.69, 9.17) is 0 Å². The first-order chi connectivity index (χ1) is 14.1. The Morgan fingerprint density at radius 1 is 1.07 bits per heavy atom. The van der Waals surface area contributed by atoms with E-state index in [-0.39, 0.29) is 10.8 Å². The lowest BCUT2D eigenvalue weighted by Gasteiger charge is -2.19. The van der Waals surface area contributed by atoms with Gasteiger partial charge >= 0.3 is 0 Å². The highest BCUT2D eigenvalue weighted by molar-refractivity contribution is 7.89. The molecule has 0 aliphatic heterocycles. The molecule has 2 aromatic carbocycles. The summed E-state index contributed by atoms with van der Waals surface area (Å²) in [5.74, 6) is -0.385. The molecule has 1 unspecified atom stereocenters. The number of anilines is 1. The van der Waals surface area contributed by atoms with Gasteiger partial charge in [0.2, 0.25) is 10.0 Å². The maximum Gasteiger partial charge on any atom is 0.258 e. The quantitative estimate of drug-likeness (QED) is 0.473. The second kappa shape index (κ2) is 10.4. The molecule has 0 aliphatic carbocycles. The predicted octanol–water partition coefficient (Wildman–Crippen LogP) is 2.90. The maximum atomic E-state index is 12.7. The number of benzene rings is 2. The van der Waals surface area contributed by atoms with E-state index in [1.54, 1.807) is 12.1 Å². The van der Waals surface area contributed by atoms with Crippen molar-refractivity contribution in [2.75, 3.05) is 19.0 Å². The highest BCUT2D eigenvalue weighted by atomic mass is 32.2. The number of nitrogens with zero attached hydrogens (tertiary/aromatic N) is 2. The minimum Gasteiger partial charge on any atom is -0.378 e. The summed E-state index contributed by atoms with van der Waals surface area (Å²) in [4.78, 5) is 14.7. The molecule has 2 aromatic rings. The van der Waals surface area contributed by atoms with Crippen LogP contribution in [0.3, 0.4) is 0 Å². The van der Waals surface area contributed by atoms with Crippen molar-refractivity contribution in [2.45, 2.75) is 38.1 Å². The van der Waals surface area contributed by atoms with E-state index in [0.29, 0.717) is 6.42 Å². The molecule has 2 N–H and O–H groups in total. The van der Waals surface area contributed by atoms with Crippen LogP contribution < -0.4 is 15.0 Å². The van der Waals surface area contributed by atoms with Crippen molar-refractivity contribution in [1.82, 2.24) is 10.1 Å². The Morgan fingerprint density at radius 2 is 1.67 bits per heavy atom. The molecule has 0 spiro atoms. The number of nitrogens with one attached hydrogen (secondary N) is 2. The van der Waals surface area contributed by atoms with Gasteiger partial charge in [-0.25, -0.2) is 13.8 Å². The fraction of sp³-hybridized carbons (Fsp3) is 0.364. The zero-order valence-corrected chi connectivity index (χ0v) is 18.9. The molecule has 0 aromatic heterocycles. The van der Waals surface area contributed by atoms with Crippen molar-refractivity contribution >= 4 is 27.8 Å². The summed E-state index contributed by atoms with van der Waals surface area (Å²) < 4.78 is 27.9. The van der Waals surface area contributed by atoms with Gasteiger partial charge in [-0.05, 0) is 49.1 Å². The second-order valence-electron chi connectivity index (χ2n) is 7.84. The summed E-state index contributed by atoms with van der Waals surface area (Å²) in [5, 5.41) is 3.99. The number of aryl methyl sites for hydroxylation is 1. The first kappa shape index (κ1) is 23.6. The summed E-state index contributed by atoms with van der Waals surface area (Å²) in [6, 6.07) is 13.2. The molecule has 0 fully saturated rings. The van der Waals surface area contributed by atoms with Crippen molar-refractivity contribution in [3.8, 4) is 0 Å². The Kier molecular flexibility index (Phi) is 8.14. The summed E-state index contributed by atoms with van der Waals surface area (Å²) in [7, 11) is 0.0840. The number of amides is 1. The van der Waals surface area contributed by atoms with Gasteiger partial charge in [-0.3, -0.25) is 4.79 Å². The molecule has 0 saturated heterocycles. The summed E-state index contributed by atoms with van der Waals surface area (Å²) >= 11 is 0. The average Bonchev–Trinajstić information content (AvgIpc) is 2.67. The molecule has 1 atom stereocenters. The molecule has 162 valence electrons. The third-order valence-corrected chi connectivity index (χ3v) is 5.94. The number of sulfonamides is 1. The van der Waals surface area contributed by atoms with Gasteiger partial charge in [-0.15, -0.1) is 0 Å². The van der Waals surface area contributed by atoms with E-state index in [2.05, 4.69) is 15.2 Å². The number of hydrogen-bond acceptors (Lipinski definition) is 5.